The highest BCUT2D eigenvalue weighted by atomic mass is 32.1. The molecule has 0 unspecified atom stereocenters. The maximum absolute atomic E-state index is 12.3. The fourth-order valence-electron chi connectivity index (χ4n) is 3.13. The number of urea groups is 1. The zero-order valence-electron chi connectivity index (χ0n) is 16.6. The lowest BCUT2D eigenvalue weighted by atomic mass is 10.2. The van der Waals surface area contributed by atoms with Crippen LogP contribution in [-0.4, -0.2) is 36.5 Å². The van der Waals surface area contributed by atoms with Gasteiger partial charge in [-0.3, -0.25) is 0 Å². The van der Waals surface area contributed by atoms with E-state index in [-0.39, 0.29) is 6.03 Å². The molecule has 0 radical (unpaired) electrons. The average Bonchev–Trinajstić information content (AvgIpc) is 3.36. The highest BCUT2D eigenvalue weighted by molar-refractivity contribution is 7.11. The molecule has 28 heavy (non-hydrogen) atoms. The van der Waals surface area contributed by atoms with E-state index in [4.69, 9.17) is 0 Å². The summed E-state index contributed by atoms with van der Waals surface area (Å²) < 4.78 is 0. The van der Waals surface area contributed by atoms with E-state index in [0.29, 0.717) is 6.54 Å². The van der Waals surface area contributed by atoms with Crippen LogP contribution in [0.1, 0.15) is 35.1 Å². The Kier molecular flexibility index (Phi) is 7.31. The van der Waals surface area contributed by atoms with Gasteiger partial charge in [0.25, 0.3) is 0 Å². The van der Waals surface area contributed by atoms with Crippen molar-refractivity contribution in [2.75, 3.05) is 25.0 Å². The van der Waals surface area contributed by atoms with Gasteiger partial charge in [-0.15, -0.1) is 11.3 Å². The lowest BCUT2D eigenvalue weighted by molar-refractivity contribution is 0.222. The molecule has 0 spiro atoms. The maximum atomic E-state index is 12.3. The van der Waals surface area contributed by atoms with Gasteiger partial charge in [-0.05, 0) is 56.5 Å². The van der Waals surface area contributed by atoms with Crippen molar-refractivity contribution in [2.45, 2.75) is 39.8 Å². The van der Waals surface area contributed by atoms with E-state index in [1.807, 2.05) is 29.2 Å². The lowest BCUT2D eigenvalue weighted by Gasteiger charge is -2.16. The van der Waals surface area contributed by atoms with Crippen LogP contribution in [0, 0.1) is 6.92 Å². The van der Waals surface area contributed by atoms with Crippen molar-refractivity contribution in [1.29, 1.82) is 0 Å². The number of benzene rings is 1. The van der Waals surface area contributed by atoms with Crippen molar-refractivity contribution in [3.8, 4) is 0 Å². The van der Waals surface area contributed by atoms with Gasteiger partial charge in [0.15, 0.2) is 5.96 Å². The van der Waals surface area contributed by atoms with E-state index < -0.39 is 0 Å². The number of nitrogens with zero attached hydrogens (tertiary/aromatic N) is 2. The molecule has 1 fully saturated rings. The standard InChI is InChI=1S/C21H29N5OS/c1-3-22-20(24-15-19-10-9-16(2)28-19)23-14-17-7-6-8-18(13-17)25-21(27)26-11-4-5-12-26/h6-10,13H,3-5,11-12,14-15H2,1-2H3,(H,25,27)(H2,22,23,24). The van der Waals surface area contributed by atoms with Crippen LogP contribution in [0.2, 0.25) is 0 Å². The molecule has 0 atom stereocenters. The number of carbonyl (C=O) groups is 1. The monoisotopic (exact) mass is 399 g/mol. The minimum absolute atomic E-state index is 0.0144. The molecule has 0 aliphatic carbocycles. The number of amides is 2. The summed E-state index contributed by atoms with van der Waals surface area (Å²) in [6.45, 7) is 7.97. The van der Waals surface area contributed by atoms with Crippen molar-refractivity contribution in [1.82, 2.24) is 15.5 Å². The zero-order chi connectivity index (χ0) is 19.8. The minimum Gasteiger partial charge on any atom is -0.357 e. The molecule has 3 rings (SSSR count). The summed E-state index contributed by atoms with van der Waals surface area (Å²) in [5, 5.41) is 9.65. The van der Waals surface area contributed by atoms with E-state index >= 15 is 0 Å². The topological polar surface area (TPSA) is 68.8 Å². The van der Waals surface area contributed by atoms with Crippen LogP contribution in [0.3, 0.4) is 0 Å². The molecule has 1 aliphatic rings. The molecule has 1 saturated heterocycles. The summed E-state index contributed by atoms with van der Waals surface area (Å²) in [5.74, 6) is 0.792. The van der Waals surface area contributed by atoms with E-state index in [1.165, 1.54) is 9.75 Å². The number of aliphatic imine (C=N–C) groups is 1. The second kappa shape index (κ2) is 10.1. The number of anilines is 1. The predicted octanol–water partition coefficient (Wildman–Crippen LogP) is 3.94. The first-order chi connectivity index (χ1) is 13.6. The average molecular weight is 400 g/mol. The Labute approximate surface area is 171 Å². The molecule has 0 saturated carbocycles. The highest BCUT2D eigenvalue weighted by Gasteiger charge is 2.17. The molecule has 1 aliphatic heterocycles. The van der Waals surface area contributed by atoms with Gasteiger partial charge in [0.2, 0.25) is 0 Å². The molecule has 1 aromatic carbocycles. The number of rotatable bonds is 6. The van der Waals surface area contributed by atoms with Crippen LogP contribution in [0.4, 0.5) is 10.5 Å². The van der Waals surface area contributed by atoms with Crippen LogP contribution >= 0.6 is 11.3 Å². The number of hydrogen-bond donors (Lipinski definition) is 3. The van der Waals surface area contributed by atoms with Gasteiger partial charge in [0, 0.05) is 35.1 Å². The van der Waals surface area contributed by atoms with Gasteiger partial charge in [0.1, 0.15) is 0 Å². The fourth-order valence-corrected chi connectivity index (χ4v) is 3.96. The predicted molar refractivity (Wildman–Crippen MR) is 117 cm³/mol. The van der Waals surface area contributed by atoms with Crippen molar-refractivity contribution in [2.24, 2.45) is 4.99 Å². The molecule has 0 bridgehead atoms. The smallest absolute Gasteiger partial charge is 0.321 e. The summed E-state index contributed by atoms with van der Waals surface area (Å²) in [7, 11) is 0. The Morgan fingerprint density at radius 3 is 2.71 bits per heavy atom. The highest BCUT2D eigenvalue weighted by Crippen LogP contribution is 2.16. The number of hydrogen-bond acceptors (Lipinski definition) is 3. The molecule has 6 nitrogen and oxygen atoms in total. The third kappa shape index (κ3) is 5.99. The number of thiophene rings is 1. The van der Waals surface area contributed by atoms with Crippen molar-refractivity contribution in [3.63, 3.8) is 0 Å². The molecular formula is C21H29N5OS. The van der Waals surface area contributed by atoms with Gasteiger partial charge in [0.05, 0.1) is 13.1 Å². The van der Waals surface area contributed by atoms with Crippen molar-refractivity contribution in [3.05, 3.63) is 51.7 Å². The summed E-state index contributed by atoms with van der Waals surface area (Å²) in [6, 6.07) is 12.2. The third-order valence-corrected chi connectivity index (χ3v) is 5.56. The number of aryl methyl sites for hydroxylation is 1. The minimum atomic E-state index is -0.0144. The molecule has 2 heterocycles. The summed E-state index contributed by atoms with van der Waals surface area (Å²) in [6.07, 6.45) is 2.18. The molecular weight excluding hydrogens is 370 g/mol. The van der Waals surface area contributed by atoms with Gasteiger partial charge < -0.3 is 20.9 Å². The molecule has 3 N–H and O–H groups in total. The van der Waals surface area contributed by atoms with Crippen LogP contribution in [0.15, 0.2) is 41.4 Å². The van der Waals surface area contributed by atoms with Crippen LogP contribution in [0.5, 0.6) is 0 Å². The first kappa shape index (κ1) is 20.2. The summed E-state index contributed by atoms with van der Waals surface area (Å²) in [4.78, 5) is 21.4. The van der Waals surface area contributed by atoms with E-state index in [2.05, 4.69) is 46.9 Å². The molecule has 1 aromatic heterocycles. The first-order valence-corrected chi connectivity index (χ1v) is 10.7. The Morgan fingerprint density at radius 2 is 2.00 bits per heavy atom. The fraction of sp³-hybridized carbons (Fsp3) is 0.429. The Hall–Kier alpha value is -2.54. The summed E-state index contributed by atoms with van der Waals surface area (Å²) in [5.41, 5.74) is 1.88. The van der Waals surface area contributed by atoms with Crippen LogP contribution < -0.4 is 16.0 Å². The van der Waals surface area contributed by atoms with Crippen LogP contribution in [0.25, 0.3) is 0 Å². The number of carbonyl (C=O) groups excluding carboxylic acids is 1. The quantitative estimate of drug-likeness (QED) is 0.509. The van der Waals surface area contributed by atoms with Crippen molar-refractivity contribution < 1.29 is 4.79 Å². The number of guanidine groups is 1. The van der Waals surface area contributed by atoms with Crippen LogP contribution in [-0.2, 0) is 13.1 Å². The largest absolute Gasteiger partial charge is 0.357 e. The van der Waals surface area contributed by atoms with E-state index in [0.717, 1.165) is 56.2 Å². The number of likely N-dealkylation sites (tertiary alicyclic amines) is 1. The van der Waals surface area contributed by atoms with E-state index in [9.17, 15) is 4.79 Å². The normalized spacial score (nSPS) is 14.2. The molecule has 2 amide bonds. The first-order valence-electron chi connectivity index (χ1n) is 9.86. The van der Waals surface area contributed by atoms with Gasteiger partial charge in [-0.1, -0.05) is 12.1 Å². The van der Waals surface area contributed by atoms with Crippen molar-refractivity contribution >= 4 is 29.0 Å². The molecule has 2 aromatic rings. The molecule has 150 valence electrons. The Morgan fingerprint density at radius 1 is 1.18 bits per heavy atom. The summed E-state index contributed by atoms with van der Waals surface area (Å²) >= 11 is 1.79. The van der Waals surface area contributed by atoms with Gasteiger partial charge >= 0.3 is 6.03 Å². The Bertz CT molecular complexity index is 811. The second-order valence-corrected chi connectivity index (χ2v) is 8.26. The SMILES string of the molecule is CCNC(=NCc1cccc(NC(=O)N2CCCC2)c1)NCc1ccc(C)s1. The van der Waals surface area contributed by atoms with E-state index in [1.54, 1.807) is 11.3 Å². The lowest BCUT2D eigenvalue weighted by Crippen LogP contribution is -2.36. The maximum Gasteiger partial charge on any atom is 0.321 e. The zero-order valence-corrected chi connectivity index (χ0v) is 17.4. The second-order valence-electron chi connectivity index (χ2n) is 6.89. The third-order valence-electron chi connectivity index (χ3n) is 4.56. The van der Waals surface area contributed by atoms with Gasteiger partial charge in [-0.2, -0.15) is 0 Å². The van der Waals surface area contributed by atoms with Gasteiger partial charge in [-0.25, -0.2) is 9.79 Å². The number of nitrogens with one attached hydrogen (secondary N) is 3. The molecule has 7 heteroatoms. The Balaban J connectivity index is 1.57.